The van der Waals surface area contributed by atoms with Crippen LogP contribution >= 0.6 is 0 Å². The van der Waals surface area contributed by atoms with E-state index in [0.29, 0.717) is 5.75 Å². The smallest absolute Gasteiger partial charge is 0.225 e. The highest BCUT2D eigenvalue weighted by molar-refractivity contribution is 7.92. The molecular weight excluding hydrogens is 376 g/mol. The van der Waals surface area contributed by atoms with Gasteiger partial charge >= 0.3 is 0 Å². The molecule has 0 fully saturated rings. The normalized spacial score (nSPS) is 10.9. The first kappa shape index (κ1) is 21.5. The summed E-state index contributed by atoms with van der Waals surface area (Å²) in [5.41, 5.74) is 1.65. The number of ether oxygens (including phenoxy) is 1. The van der Waals surface area contributed by atoms with Crippen LogP contribution in [0, 0.1) is 18.8 Å². The van der Waals surface area contributed by atoms with Crippen molar-refractivity contribution in [1.29, 1.82) is 0 Å². The van der Waals surface area contributed by atoms with Crippen molar-refractivity contribution in [2.24, 2.45) is 0 Å². The van der Waals surface area contributed by atoms with E-state index in [-0.39, 0.29) is 30.4 Å². The average molecular weight is 401 g/mol. The summed E-state index contributed by atoms with van der Waals surface area (Å²) in [6.45, 7) is 5.61. The van der Waals surface area contributed by atoms with Gasteiger partial charge in [-0.2, -0.15) is 0 Å². The van der Waals surface area contributed by atoms with Gasteiger partial charge < -0.3 is 10.1 Å². The number of nitrogens with one attached hydrogen (secondary N) is 1. The summed E-state index contributed by atoms with van der Waals surface area (Å²) in [7, 11) is -3.30. The fourth-order valence-electron chi connectivity index (χ4n) is 2.23. The molecule has 2 aromatic rings. The van der Waals surface area contributed by atoms with Gasteiger partial charge in [0.05, 0.1) is 29.3 Å². The molecule has 0 bridgehead atoms. The van der Waals surface area contributed by atoms with Gasteiger partial charge in [-0.3, -0.25) is 9.78 Å². The Morgan fingerprint density at radius 3 is 2.46 bits per heavy atom. The van der Waals surface area contributed by atoms with Gasteiger partial charge in [0, 0.05) is 5.69 Å². The molecule has 0 aliphatic rings. The maximum absolute atomic E-state index is 12.1. The predicted molar refractivity (Wildman–Crippen MR) is 108 cm³/mol. The molecule has 0 spiro atoms. The highest BCUT2D eigenvalue weighted by Gasteiger charge is 2.18. The molecule has 0 aliphatic carbocycles. The van der Waals surface area contributed by atoms with Gasteiger partial charge in [-0.1, -0.05) is 24.0 Å². The SMILES string of the molecule is Cc1ccc(OCC#CCNC(=O)Cc2ccc(S(=O)(=O)C(C)C)cc2)cn1. The number of pyridine rings is 1. The second-order valence-electron chi connectivity index (χ2n) is 6.47. The molecule has 1 N–H and O–H groups in total. The van der Waals surface area contributed by atoms with Gasteiger partial charge in [0.25, 0.3) is 0 Å². The molecule has 1 aromatic heterocycles. The summed E-state index contributed by atoms with van der Waals surface area (Å²) in [6, 6.07) is 10.1. The van der Waals surface area contributed by atoms with Crippen LogP contribution in [-0.4, -0.2) is 37.7 Å². The van der Waals surface area contributed by atoms with Crippen LogP contribution in [0.4, 0.5) is 0 Å². The molecule has 6 nitrogen and oxygen atoms in total. The van der Waals surface area contributed by atoms with Crippen LogP contribution < -0.4 is 10.1 Å². The van der Waals surface area contributed by atoms with Crippen LogP contribution in [0.25, 0.3) is 0 Å². The van der Waals surface area contributed by atoms with Crippen molar-refractivity contribution in [2.75, 3.05) is 13.2 Å². The van der Waals surface area contributed by atoms with Gasteiger partial charge in [0.1, 0.15) is 12.4 Å². The number of carbonyl (C=O) groups is 1. The standard InChI is InChI=1S/C21H24N2O4S/c1-16(2)28(25,26)20-10-7-18(8-11-20)14-21(24)22-12-4-5-13-27-19-9-6-17(3)23-15-19/h6-11,15-16H,12-14H2,1-3H3,(H,22,24). The maximum Gasteiger partial charge on any atom is 0.225 e. The molecule has 1 heterocycles. The molecule has 28 heavy (non-hydrogen) atoms. The summed E-state index contributed by atoms with van der Waals surface area (Å²) >= 11 is 0. The number of nitrogens with zero attached hydrogens (tertiary/aromatic N) is 1. The van der Waals surface area contributed by atoms with E-state index in [1.54, 1.807) is 32.2 Å². The van der Waals surface area contributed by atoms with Gasteiger partial charge in [0.15, 0.2) is 9.84 Å². The quantitative estimate of drug-likeness (QED) is 0.721. The fourth-order valence-corrected chi connectivity index (χ4v) is 3.29. The van der Waals surface area contributed by atoms with Crippen molar-refractivity contribution < 1.29 is 17.9 Å². The molecule has 0 aliphatic heterocycles. The Kier molecular flexibility index (Phi) is 7.59. The molecule has 2 rings (SSSR count). The number of aromatic nitrogens is 1. The van der Waals surface area contributed by atoms with Crippen LogP contribution in [0.5, 0.6) is 5.75 Å². The van der Waals surface area contributed by atoms with E-state index in [0.717, 1.165) is 11.3 Å². The van der Waals surface area contributed by atoms with Crippen molar-refractivity contribution in [1.82, 2.24) is 10.3 Å². The maximum atomic E-state index is 12.1. The fraction of sp³-hybridized carbons (Fsp3) is 0.333. The summed E-state index contributed by atoms with van der Waals surface area (Å²) in [5, 5.41) is 2.22. The molecule has 0 saturated carbocycles. The van der Waals surface area contributed by atoms with E-state index in [1.807, 2.05) is 19.1 Å². The van der Waals surface area contributed by atoms with Crippen LogP contribution in [0.15, 0.2) is 47.5 Å². The molecule has 0 saturated heterocycles. The molecule has 0 unspecified atom stereocenters. The van der Waals surface area contributed by atoms with Crippen molar-refractivity contribution in [3.63, 3.8) is 0 Å². The third kappa shape index (κ3) is 6.39. The van der Waals surface area contributed by atoms with Crippen LogP contribution in [-0.2, 0) is 21.1 Å². The zero-order chi connectivity index (χ0) is 20.6. The van der Waals surface area contributed by atoms with Gasteiger partial charge in [0.2, 0.25) is 5.91 Å². The lowest BCUT2D eigenvalue weighted by atomic mass is 10.1. The molecule has 7 heteroatoms. The highest BCUT2D eigenvalue weighted by Crippen LogP contribution is 2.16. The number of sulfone groups is 1. The number of carbonyl (C=O) groups excluding carboxylic acids is 1. The van der Waals surface area contributed by atoms with Crippen LogP contribution in [0.2, 0.25) is 0 Å². The molecular formula is C21H24N2O4S. The first-order chi connectivity index (χ1) is 13.3. The Bertz CT molecular complexity index is 954. The zero-order valence-electron chi connectivity index (χ0n) is 16.2. The Morgan fingerprint density at radius 2 is 1.86 bits per heavy atom. The molecule has 148 valence electrons. The molecule has 0 radical (unpaired) electrons. The van der Waals surface area contributed by atoms with E-state index >= 15 is 0 Å². The highest BCUT2D eigenvalue weighted by atomic mass is 32.2. The van der Waals surface area contributed by atoms with Gasteiger partial charge in [-0.25, -0.2) is 8.42 Å². The monoisotopic (exact) mass is 400 g/mol. The summed E-state index contributed by atoms with van der Waals surface area (Å²) in [5.74, 6) is 6.10. The number of benzene rings is 1. The van der Waals surface area contributed by atoms with Gasteiger partial charge in [-0.15, -0.1) is 0 Å². The largest absolute Gasteiger partial charge is 0.479 e. The minimum absolute atomic E-state index is 0.162. The van der Waals surface area contributed by atoms with Crippen LogP contribution in [0.1, 0.15) is 25.1 Å². The van der Waals surface area contributed by atoms with E-state index in [2.05, 4.69) is 22.1 Å². The Labute approximate surface area is 166 Å². The van der Waals surface area contributed by atoms with E-state index in [1.165, 1.54) is 12.1 Å². The zero-order valence-corrected chi connectivity index (χ0v) is 17.0. The minimum atomic E-state index is -3.30. The second-order valence-corrected chi connectivity index (χ2v) is 8.97. The topological polar surface area (TPSA) is 85.4 Å². The Hall–Kier alpha value is -2.85. The number of hydrogen-bond donors (Lipinski definition) is 1. The number of rotatable bonds is 7. The average Bonchev–Trinajstić information content (AvgIpc) is 2.66. The number of amides is 1. The first-order valence-electron chi connectivity index (χ1n) is 8.90. The first-order valence-corrected chi connectivity index (χ1v) is 10.4. The number of aryl methyl sites for hydroxylation is 1. The molecule has 1 amide bonds. The minimum Gasteiger partial charge on any atom is -0.479 e. The van der Waals surface area contributed by atoms with Crippen LogP contribution in [0.3, 0.4) is 0 Å². The lowest BCUT2D eigenvalue weighted by Crippen LogP contribution is -2.25. The van der Waals surface area contributed by atoms with Crippen molar-refractivity contribution in [3.8, 4) is 17.6 Å². The summed E-state index contributed by atoms with van der Waals surface area (Å²) < 4.78 is 29.6. The second kappa shape index (κ2) is 9.90. The molecule has 0 atom stereocenters. The summed E-state index contributed by atoms with van der Waals surface area (Å²) in [6.07, 6.45) is 1.80. The lowest BCUT2D eigenvalue weighted by molar-refractivity contribution is -0.120. The lowest BCUT2D eigenvalue weighted by Gasteiger charge is -2.08. The van der Waals surface area contributed by atoms with Gasteiger partial charge in [-0.05, 0) is 50.6 Å². The van der Waals surface area contributed by atoms with Crippen molar-refractivity contribution >= 4 is 15.7 Å². The Morgan fingerprint density at radius 1 is 1.14 bits per heavy atom. The third-order valence-electron chi connectivity index (χ3n) is 3.93. The van der Waals surface area contributed by atoms with Crippen molar-refractivity contribution in [3.05, 3.63) is 53.9 Å². The summed E-state index contributed by atoms with van der Waals surface area (Å²) in [4.78, 5) is 16.3. The van der Waals surface area contributed by atoms with E-state index in [4.69, 9.17) is 4.74 Å². The van der Waals surface area contributed by atoms with Crippen molar-refractivity contribution in [2.45, 2.75) is 37.3 Å². The predicted octanol–water partition coefficient (Wildman–Crippen LogP) is 2.31. The third-order valence-corrected chi connectivity index (χ3v) is 6.10. The molecule has 1 aromatic carbocycles. The van der Waals surface area contributed by atoms with E-state index < -0.39 is 15.1 Å². The van der Waals surface area contributed by atoms with E-state index in [9.17, 15) is 13.2 Å². The Balaban J connectivity index is 1.75. The number of hydrogen-bond acceptors (Lipinski definition) is 5.